The van der Waals surface area contributed by atoms with Crippen LogP contribution in [0.25, 0.3) is 0 Å². The highest BCUT2D eigenvalue weighted by Gasteiger charge is 2.45. The number of nitrogens with two attached hydrogens (primary N) is 1. The van der Waals surface area contributed by atoms with Crippen LogP contribution in [0.4, 0.5) is 0 Å². The van der Waals surface area contributed by atoms with Crippen molar-refractivity contribution >= 4 is 38.4 Å². The highest BCUT2D eigenvalue weighted by atomic mass is 79.9. The minimum absolute atomic E-state index is 0. The van der Waals surface area contributed by atoms with E-state index >= 15 is 0 Å². The average molecular weight is 396 g/mol. The third kappa shape index (κ3) is 2.88. The largest absolute Gasteiger partial charge is 0.327 e. The predicted molar refractivity (Wildman–Crippen MR) is 89.1 cm³/mol. The smallest absolute Gasteiger partial charge is 0.244 e. The van der Waals surface area contributed by atoms with Crippen molar-refractivity contribution < 1.29 is 8.42 Å². The molecule has 2 fully saturated rings. The quantitative estimate of drug-likeness (QED) is 0.837. The van der Waals surface area contributed by atoms with Crippen LogP contribution >= 0.6 is 28.3 Å². The molecule has 0 bridgehead atoms. The Balaban J connectivity index is 0.00000161. The standard InChI is InChI=1S/C14H19BrN2O2S.ClH/c1-9-3-2-4-13(14(9)15)20(18,19)17-7-10-5-6-12(16)11(10)8-17;/h2-4,10-12H,5-8,16H2,1H3;1H. The summed E-state index contributed by atoms with van der Waals surface area (Å²) in [6.45, 7) is 3.08. The monoisotopic (exact) mass is 394 g/mol. The molecule has 0 spiro atoms. The molecule has 1 aromatic rings. The molecule has 1 saturated carbocycles. The minimum atomic E-state index is -3.43. The van der Waals surface area contributed by atoms with E-state index in [1.54, 1.807) is 16.4 Å². The van der Waals surface area contributed by atoms with Gasteiger partial charge in [-0.2, -0.15) is 4.31 Å². The number of sulfonamides is 1. The number of rotatable bonds is 2. The van der Waals surface area contributed by atoms with Gasteiger partial charge < -0.3 is 5.73 Å². The lowest BCUT2D eigenvalue weighted by Gasteiger charge is -2.19. The maximum Gasteiger partial charge on any atom is 0.244 e. The van der Waals surface area contributed by atoms with Crippen LogP contribution in [0.2, 0.25) is 0 Å². The molecule has 4 nitrogen and oxygen atoms in total. The Morgan fingerprint density at radius 1 is 1.29 bits per heavy atom. The Morgan fingerprint density at radius 3 is 2.67 bits per heavy atom. The molecule has 1 heterocycles. The van der Waals surface area contributed by atoms with Crippen molar-refractivity contribution in [3.8, 4) is 0 Å². The third-order valence-corrected chi connectivity index (χ3v) is 7.84. The topological polar surface area (TPSA) is 63.4 Å². The lowest BCUT2D eigenvalue weighted by atomic mass is 9.98. The average Bonchev–Trinajstić information content (AvgIpc) is 2.96. The van der Waals surface area contributed by atoms with Crippen molar-refractivity contribution in [1.29, 1.82) is 0 Å². The van der Waals surface area contributed by atoms with Crippen molar-refractivity contribution in [3.05, 3.63) is 28.2 Å². The van der Waals surface area contributed by atoms with Crippen molar-refractivity contribution in [1.82, 2.24) is 4.31 Å². The van der Waals surface area contributed by atoms with Gasteiger partial charge in [0.25, 0.3) is 0 Å². The molecule has 0 amide bonds. The normalized spacial score (nSPS) is 29.2. The summed E-state index contributed by atoms with van der Waals surface area (Å²) < 4.78 is 27.9. The van der Waals surface area contributed by atoms with Crippen LogP contribution < -0.4 is 5.73 Å². The summed E-state index contributed by atoms with van der Waals surface area (Å²) in [5.41, 5.74) is 7.02. The first-order valence-corrected chi connectivity index (χ1v) is 9.15. The van der Waals surface area contributed by atoms with Gasteiger partial charge in [0.15, 0.2) is 0 Å². The van der Waals surface area contributed by atoms with Crippen LogP contribution in [-0.4, -0.2) is 31.9 Å². The summed E-state index contributed by atoms with van der Waals surface area (Å²) in [6, 6.07) is 5.51. The van der Waals surface area contributed by atoms with Crippen LogP contribution in [-0.2, 0) is 10.0 Å². The van der Waals surface area contributed by atoms with E-state index in [0.29, 0.717) is 34.3 Å². The second-order valence-corrected chi connectivity index (χ2v) is 8.57. The second kappa shape index (κ2) is 6.16. The molecule has 3 rings (SSSR count). The number of nitrogens with zero attached hydrogens (tertiary/aromatic N) is 1. The number of aryl methyl sites for hydroxylation is 1. The van der Waals surface area contributed by atoms with Gasteiger partial charge >= 0.3 is 0 Å². The van der Waals surface area contributed by atoms with Gasteiger partial charge in [-0.1, -0.05) is 12.1 Å². The molecule has 118 valence electrons. The maximum atomic E-state index is 12.8. The van der Waals surface area contributed by atoms with Gasteiger partial charge in [-0.3, -0.25) is 0 Å². The molecule has 0 radical (unpaired) electrons. The van der Waals surface area contributed by atoms with E-state index in [1.807, 2.05) is 13.0 Å². The van der Waals surface area contributed by atoms with Gasteiger partial charge in [0.2, 0.25) is 10.0 Å². The molecule has 2 aliphatic rings. The van der Waals surface area contributed by atoms with Gasteiger partial charge in [0.05, 0.1) is 4.90 Å². The molecule has 3 unspecified atom stereocenters. The molecule has 7 heteroatoms. The molecule has 3 atom stereocenters. The number of fused-ring (bicyclic) bond motifs is 1. The predicted octanol–water partition coefficient (Wildman–Crippen LogP) is 2.54. The summed E-state index contributed by atoms with van der Waals surface area (Å²) in [4.78, 5) is 0.367. The Bertz CT molecular complexity index is 638. The maximum absolute atomic E-state index is 12.8. The van der Waals surface area contributed by atoms with E-state index in [4.69, 9.17) is 5.73 Å². The lowest BCUT2D eigenvalue weighted by molar-refractivity contribution is 0.427. The SMILES string of the molecule is Cc1cccc(S(=O)(=O)N2CC3CCC(N)C3C2)c1Br.Cl. The first-order valence-electron chi connectivity index (χ1n) is 6.92. The third-order valence-electron chi connectivity index (χ3n) is 4.65. The molecule has 1 saturated heterocycles. The molecular formula is C14H20BrClN2O2S. The van der Waals surface area contributed by atoms with Crippen molar-refractivity contribution in [2.45, 2.75) is 30.7 Å². The number of halogens is 2. The summed E-state index contributed by atoms with van der Waals surface area (Å²) in [5, 5.41) is 0. The highest BCUT2D eigenvalue weighted by Crippen LogP contribution is 2.40. The molecule has 1 aliphatic heterocycles. The zero-order valence-electron chi connectivity index (χ0n) is 11.8. The van der Waals surface area contributed by atoms with Crippen LogP contribution in [0.1, 0.15) is 18.4 Å². The summed E-state index contributed by atoms with van der Waals surface area (Å²) in [7, 11) is -3.43. The zero-order chi connectivity index (χ0) is 14.5. The molecular weight excluding hydrogens is 376 g/mol. The first-order chi connectivity index (χ1) is 9.41. The lowest BCUT2D eigenvalue weighted by Crippen LogP contribution is -2.33. The minimum Gasteiger partial charge on any atom is -0.327 e. The molecule has 2 N–H and O–H groups in total. The van der Waals surface area contributed by atoms with Crippen molar-refractivity contribution in [2.75, 3.05) is 13.1 Å². The molecule has 1 aliphatic carbocycles. The van der Waals surface area contributed by atoms with Gasteiger partial charge in [-0.15, -0.1) is 12.4 Å². The summed E-state index contributed by atoms with van der Waals surface area (Å²) in [6.07, 6.45) is 2.07. The molecule has 0 aromatic heterocycles. The molecule has 1 aromatic carbocycles. The van der Waals surface area contributed by atoms with Crippen LogP contribution in [0.5, 0.6) is 0 Å². The number of hydrogen-bond acceptors (Lipinski definition) is 3. The van der Waals surface area contributed by atoms with E-state index in [1.165, 1.54) is 0 Å². The highest BCUT2D eigenvalue weighted by molar-refractivity contribution is 9.10. The fraction of sp³-hybridized carbons (Fsp3) is 0.571. The number of hydrogen-bond donors (Lipinski definition) is 1. The van der Waals surface area contributed by atoms with E-state index in [2.05, 4.69) is 15.9 Å². The van der Waals surface area contributed by atoms with E-state index in [-0.39, 0.29) is 18.4 Å². The fourth-order valence-corrected chi connectivity index (χ4v) is 5.97. The van der Waals surface area contributed by atoms with Crippen LogP contribution in [0, 0.1) is 18.8 Å². The Kier molecular flexibility index (Phi) is 5.05. The van der Waals surface area contributed by atoms with Gasteiger partial charge in [0.1, 0.15) is 0 Å². The first kappa shape index (κ1) is 17.2. The van der Waals surface area contributed by atoms with Crippen LogP contribution in [0.15, 0.2) is 27.6 Å². The van der Waals surface area contributed by atoms with Crippen molar-refractivity contribution in [3.63, 3.8) is 0 Å². The van der Waals surface area contributed by atoms with Gasteiger partial charge in [-0.05, 0) is 59.2 Å². The van der Waals surface area contributed by atoms with E-state index in [0.717, 1.165) is 18.4 Å². The summed E-state index contributed by atoms with van der Waals surface area (Å²) in [5.74, 6) is 0.761. The van der Waals surface area contributed by atoms with E-state index in [9.17, 15) is 8.42 Å². The zero-order valence-corrected chi connectivity index (χ0v) is 15.0. The van der Waals surface area contributed by atoms with Gasteiger partial charge in [-0.25, -0.2) is 8.42 Å². The Morgan fingerprint density at radius 2 is 2.00 bits per heavy atom. The fourth-order valence-electron chi connectivity index (χ4n) is 3.42. The Labute approximate surface area is 140 Å². The second-order valence-electron chi connectivity index (χ2n) is 5.87. The number of benzene rings is 1. The molecule has 21 heavy (non-hydrogen) atoms. The van der Waals surface area contributed by atoms with Crippen LogP contribution in [0.3, 0.4) is 0 Å². The van der Waals surface area contributed by atoms with Gasteiger partial charge in [0, 0.05) is 23.6 Å². The summed E-state index contributed by atoms with van der Waals surface area (Å²) >= 11 is 3.41. The van der Waals surface area contributed by atoms with Crippen molar-refractivity contribution in [2.24, 2.45) is 17.6 Å². The Hall–Kier alpha value is -0.140. The van der Waals surface area contributed by atoms with E-state index < -0.39 is 10.0 Å².